The zero-order chi connectivity index (χ0) is 24.6. The van der Waals surface area contributed by atoms with Crippen molar-refractivity contribution < 1.29 is 23.5 Å². The molecule has 0 aliphatic carbocycles. The molecule has 0 aliphatic rings. The number of nitrogens with zero attached hydrogens (tertiary/aromatic N) is 1. The summed E-state index contributed by atoms with van der Waals surface area (Å²) in [5.41, 5.74) is 2.85. The molecule has 2 N–H and O–H groups in total. The van der Waals surface area contributed by atoms with Crippen molar-refractivity contribution in [1.82, 2.24) is 10.7 Å². The SMILES string of the molecule is CCCCCCCCCC(=O)NCC(=O)N/N=C\c1ccc(OC(=O)c2ccccc2F)cc1. The van der Waals surface area contributed by atoms with Gasteiger partial charge in [-0.15, -0.1) is 0 Å². The Morgan fingerprint density at radius 1 is 0.912 bits per heavy atom. The topological polar surface area (TPSA) is 96.9 Å². The third-order valence-corrected chi connectivity index (χ3v) is 5.04. The molecule has 0 bridgehead atoms. The molecule has 0 radical (unpaired) electrons. The summed E-state index contributed by atoms with van der Waals surface area (Å²) in [6.07, 6.45) is 9.74. The van der Waals surface area contributed by atoms with Gasteiger partial charge in [-0.05, 0) is 48.4 Å². The summed E-state index contributed by atoms with van der Waals surface area (Å²) >= 11 is 0. The van der Waals surface area contributed by atoms with E-state index in [1.54, 1.807) is 18.2 Å². The molecule has 0 fully saturated rings. The molecular formula is C26H32FN3O4. The first-order chi connectivity index (χ1) is 16.5. The number of halogens is 1. The second-order valence-electron chi connectivity index (χ2n) is 7.88. The van der Waals surface area contributed by atoms with Crippen LogP contribution < -0.4 is 15.5 Å². The van der Waals surface area contributed by atoms with Crippen molar-refractivity contribution in [3.63, 3.8) is 0 Å². The summed E-state index contributed by atoms with van der Waals surface area (Å²) in [5.74, 6) is -1.77. The van der Waals surface area contributed by atoms with E-state index in [1.807, 2.05) is 0 Å². The molecule has 182 valence electrons. The summed E-state index contributed by atoms with van der Waals surface area (Å²) in [6.45, 7) is 2.04. The molecule has 0 saturated carbocycles. The van der Waals surface area contributed by atoms with Crippen LogP contribution in [0.2, 0.25) is 0 Å². The maximum absolute atomic E-state index is 13.7. The van der Waals surface area contributed by atoms with Crippen LogP contribution in [0.4, 0.5) is 4.39 Å². The van der Waals surface area contributed by atoms with Crippen LogP contribution in [0.15, 0.2) is 53.6 Å². The molecule has 0 heterocycles. The normalized spacial score (nSPS) is 10.8. The van der Waals surface area contributed by atoms with Crippen molar-refractivity contribution in [2.75, 3.05) is 6.54 Å². The van der Waals surface area contributed by atoms with Crippen molar-refractivity contribution in [1.29, 1.82) is 0 Å². The van der Waals surface area contributed by atoms with E-state index in [1.165, 1.54) is 62.2 Å². The van der Waals surface area contributed by atoms with Crippen LogP contribution in [0.5, 0.6) is 5.75 Å². The predicted octanol–water partition coefficient (Wildman–Crippen LogP) is 4.75. The molecule has 0 aliphatic heterocycles. The molecule has 0 atom stereocenters. The largest absolute Gasteiger partial charge is 0.423 e. The zero-order valence-electron chi connectivity index (χ0n) is 19.5. The lowest BCUT2D eigenvalue weighted by molar-refractivity contribution is -0.126. The van der Waals surface area contributed by atoms with Gasteiger partial charge in [0.25, 0.3) is 5.91 Å². The smallest absolute Gasteiger partial charge is 0.346 e. The fourth-order valence-electron chi connectivity index (χ4n) is 3.14. The van der Waals surface area contributed by atoms with Crippen LogP contribution in [-0.2, 0) is 9.59 Å². The summed E-state index contributed by atoms with van der Waals surface area (Å²) in [7, 11) is 0. The third kappa shape index (κ3) is 10.4. The first-order valence-corrected chi connectivity index (χ1v) is 11.6. The quantitative estimate of drug-likeness (QED) is 0.137. The summed E-state index contributed by atoms with van der Waals surface area (Å²) in [4.78, 5) is 35.7. The number of ether oxygens (including phenoxy) is 1. The first kappa shape index (κ1) is 26.7. The Labute approximate surface area is 199 Å². The van der Waals surface area contributed by atoms with Gasteiger partial charge in [0.2, 0.25) is 5.91 Å². The van der Waals surface area contributed by atoms with E-state index in [0.717, 1.165) is 19.3 Å². The van der Waals surface area contributed by atoms with Gasteiger partial charge in [0.1, 0.15) is 11.6 Å². The number of nitrogens with one attached hydrogen (secondary N) is 2. The molecule has 2 aromatic rings. The van der Waals surface area contributed by atoms with Crippen LogP contribution in [-0.4, -0.2) is 30.5 Å². The lowest BCUT2D eigenvalue weighted by Gasteiger charge is -2.05. The number of esters is 1. The van der Waals surface area contributed by atoms with Gasteiger partial charge in [0.05, 0.1) is 18.3 Å². The Kier molecular flexibility index (Phi) is 12.0. The minimum absolute atomic E-state index is 0.141. The highest BCUT2D eigenvalue weighted by molar-refractivity contribution is 5.91. The number of hydrogen-bond acceptors (Lipinski definition) is 5. The first-order valence-electron chi connectivity index (χ1n) is 11.6. The number of carbonyl (C=O) groups is 3. The second-order valence-corrected chi connectivity index (χ2v) is 7.88. The number of unbranched alkanes of at least 4 members (excludes halogenated alkanes) is 6. The van der Waals surface area contributed by atoms with Crippen molar-refractivity contribution in [3.8, 4) is 5.75 Å². The van der Waals surface area contributed by atoms with Crippen LogP contribution in [0.3, 0.4) is 0 Å². The van der Waals surface area contributed by atoms with E-state index in [0.29, 0.717) is 12.0 Å². The molecule has 7 nitrogen and oxygen atoms in total. The highest BCUT2D eigenvalue weighted by atomic mass is 19.1. The molecule has 0 saturated heterocycles. The van der Waals surface area contributed by atoms with E-state index in [-0.39, 0.29) is 23.8 Å². The second kappa shape index (κ2) is 15.3. The molecule has 2 amide bonds. The number of hydrogen-bond donors (Lipinski definition) is 2. The maximum atomic E-state index is 13.7. The van der Waals surface area contributed by atoms with Crippen molar-refractivity contribution in [2.45, 2.75) is 58.3 Å². The molecule has 2 rings (SSSR count). The third-order valence-electron chi connectivity index (χ3n) is 5.04. The summed E-state index contributed by atoms with van der Waals surface area (Å²) in [6, 6.07) is 11.9. The average molecular weight is 470 g/mol. The van der Waals surface area contributed by atoms with Gasteiger partial charge in [-0.25, -0.2) is 14.6 Å². The lowest BCUT2D eigenvalue weighted by atomic mass is 10.1. The Morgan fingerprint density at radius 2 is 1.59 bits per heavy atom. The van der Waals surface area contributed by atoms with Crippen molar-refractivity contribution >= 4 is 24.0 Å². The van der Waals surface area contributed by atoms with E-state index in [2.05, 4.69) is 22.8 Å². The van der Waals surface area contributed by atoms with Gasteiger partial charge in [0, 0.05) is 6.42 Å². The lowest BCUT2D eigenvalue weighted by Crippen LogP contribution is -2.34. The standard InChI is InChI=1S/C26H32FN3O4/c1-2-3-4-5-6-7-8-13-24(31)28-19-25(32)30-29-18-20-14-16-21(17-15-20)34-26(33)22-11-9-10-12-23(22)27/h9-12,14-18H,2-8,13,19H2,1H3,(H,28,31)(H,30,32)/b29-18-. The minimum Gasteiger partial charge on any atom is -0.423 e. The van der Waals surface area contributed by atoms with Crippen LogP contribution in [0.1, 0.15) is 74.2 Å². The van der Waals surface area contributed by atoms with Gasteiger partial charge in [-0.3, -0.25) is 9.59 Å². The van der Waals surface area contributed by atoms with E-state index in [4.69, 9.17) is 4.74 Å². The van der Waals surface area contributed by atoms with Crippen LogP contribution >= 0.6 is 0 Å². The minimum atomic E-state index is -0.791. The fourth-order valence-corrected chi connectivity index (χ4v) is 3.14. The number of amides is 2. The van der Waals surface area contributed by atoms with Crippen molar-refractivity contribution in [2.24, 2.45) is 5.10 Å². The Bertz CT molecular complexity index is 961. The van der Waals surface area contributed by atoms with E-state index in [9.17, 15) is 18.8 Å². The molecule has 0 aromatic heterocycles. The molecule has 34 heavy (non-hydrogen) atoms. The van der Waals surface area contributed by atoms with Gasteiger partial charge in [-0.2, -0.15) is 5.10 Å². The van der Waals surface area contributed by atoms with Crippen molar-refractivity contribution in [3.05, 3.63) is 65.5 Å². The average Bonchev–Trinajstić information content (AvgIpc) is 2.83. The molecule has 0 unspecified atom stereocenters. The van der Waals surface area contributed by atoms with Gasteiger partial charge in [-0.1, -0.05) is 57.6 Å². The molecule has 8 heteroatoms. The highest BCUT2D eigenvalue weighted by Crippen LogP contribution is 2.15. The number of carbonyl (C=O) groups excluding carboxylic acids is 3. The highest BCUT2D eigenvalue weighted by Gasteiger charge is 2.13. The molecular weight excluding hydrogens is 437 g/mol. The van der Waals surface area contributed by atoms with Gasteiger partial charge >= 0.3 is 5.97 Å². The molecule has 2 aromatic carbocycles. The van der Waals surface area contributed by atoms with E-state index < -0.39 is 17.7 Å². The molecule has 0 spiro atoms. The Hall–Kier alpha value is -3.55. The predicted molar refractivity (Wildman–Crippen MR) is 129 cm³/mol. The number of rotatable bonds is 14. The van der Waals surface area contributed by atoms with Crippen LogP contribution in [0, 0.1) is 5.82 Å². The summed E-state index contributed by atoms with van der Waals surface area (Å²) < 4.78 is 18.8. The fraction of sp³-hybridized carbons (Fsp3) is 0.385. The number of benzene rings is 2. The number of hydrazone groups is 1. The Morgan fingerprint density at radius 3 is 2.29 bits per heavy atom. The zero-order valence-corrected chi connectivity index (χ0v) is 19.5. The monoisotopic (exact) mass is 469 g/mol. The van der Waals surface area contributed by atoms with Crippen LogP contribution in [0.25, 0.3) is 0 Å². The van der Waals surface area contributed by atoms with E-state index >= 15 is 0 Å². The maximum Gasteiger partial charge on any atom is 0.346 e. The summed E-state index contributed by atoms with van der Waals surface area (Å²) in [5, 5.41) is 6.43. The van der Waals surface area contributed by atoms with Gasteiger partial charge in [0.15, 0.2) is 0 Å². The Balaban J connectivity index is 1.64. The van der Waals surface area contributed by atoms with Gasteiger partial charge < -0.3 is 10.1 Å².